The zero-order chi connectivity index (χ0) is 38.1. The number of ketones is 2. The van der Waals surface area contributed by atoms with Crippen LogP contribution in [0, 0.1) is 23.6 Å². The van der Waals surface area contributed by atoms with Crippen molar-refractivity contribution < 1.29 is 33.1 Å². The van der Waals surface area contributed by atoms with Gasteiger partial charge in [-0.1, -0.05) is 46.8 Å². The highest BCUT2D eigenvalue weighted by Crippen LogP contribution is 2.41. The minimum Gasteiger partial charge on any atom is -0.481 e. The molecular formula is C43H53FN2O6. The topological polar surface area (TPSA) is 117 Å². The zero-order valence-corrected chi connectivity index (χ0v) is 31.6. The van der Waals surface area contributed by atoms with Gasteiger partial charge in [-0.25, -0.2) is 4.39 Å². The van der Waals surface area contributed by atoms with Crippen LogP contribution in [0.5, 0.6) is 0 Å². The number of anilines is 1. The molecule has 0 bridgehead atoms. The van der Waals surface area contributed by atoms with Gasteiger partial charge >= 0.3 is 5.97 Å². The Balaban J connectivity index is 1.72. The minimum atomic E-state index is -0.914. The van der Waals surface area contributed by atoms with Crippen LogP contribution in [0.2, 0.25) is 0 Å². The molecule has 8 nitrogen and oxygen atoms in total. The molecule has 0 aliphatic carbocycles. The van der Waals surface area contributed by atoms with Crippen LogP contribution in [0.3, 0.4) is 0 Å². The van der Waals surface area contributed by atoms with E-state index in [0.29, 0.717) is 59.4 Å². The highest BCUT2D eigenvalue weighted by molar-refractivity contribution is 6.13. The standard InChI is InChI=1S/C43H53FN2O6/c1-8-38(48)41-36-24-35(37(46(9-2)10-3)25-39(36)52-42(41)29-14-16-32(44)17-15-29)30-12-11-13-31(22-30)43(51)45-33(19-27(6)7)23-34(47)20-28(18-26(4)5)21-40(49)50/h11-17,22,24-28,33H,8-10,18-21,23H2,1-7H3,(H,45,51)(H,49,50)/t28-,33+/m1/s1. The second-order valence-corrected chi connectivity index (χ2v) is 14.5. The van der Waals surface area contributed by atoms with Crippen LogP contribution in [-0.2, 0) is 9.59 Å². The summed E-state index contributed by atoms with van der Waals surface area (Å²) >= 11 is 0. The van der Waals surface area contributed by atoms with Crippen LogP contribution in [0.4, 0.5) is 10.1 Å². The van der Waals surface area contributed by atoms with Crippen molar-refractivity contribution in [2.45, 2.75) is 93.0 Å². The third-order valence-electron chi connectivity index (χ3n) is 9.40. The SMILES string of the molecule is CCC(=O)c1c(-c2ccc(F)cc2)oc2cc(N(CC)CC)c(-c3cccc(C(=O)N[C@H](CC(=O)C[C@H](CC(=O)O)CC(C)C)CC(C)C)c3)cc12. The van der Waals surface area contributed by atoms with Crippen molar-refractivity contribution >= 4 is 40.1 Å². The number of benzene rings is 3. The molecule has 2 N–H and O–H groups in total. The van der Waals surface area contributed by atoms with E-state index < -0.39 is 12.0 Å². The molecule has 0 radical (unpaired) electrons. The summed E-state index contributed by atoms with van der Waals surface area (Å²) in [7, 11) is 0. The molecule has 52 heavy (non-hydrogen) atoms. The first kappa shape index (κ1) is 40.0. The molecule has 4 aromatic rings. The summed E-state index contributed by atoms with van der Waals surface area (Å²) in [5, 5.41) is 13.1. The van der Waals surface area contributed by atoms with E-state index in [2.05, 4.69) is 24.1 Å². The molecule has 0 aliphatic rings. The van der Waals surface area contributed by atoms with Crippen molar-refractivity contribution in [3.05, 3.63) is 77.6 Å². The summed E-state index contributed by atoms with van der Waals surface area (Å²) in [6.45, 7) is 15.4. The zero-order valence-electron chi connectivity index (χ0n) is 31.6. The Morgan fingerprint density at radius 3 is 2.10 bits per heavy atom. The van der Waals surface area contributed by atoms with Gasteiger partial charge in [0.25, 0.3) is 5.91 Å². The highest BCUT2D eigenvalue weighted by Gasteiger charge is 2.26. The molecule has 2 atom stereocenters. The Bertz CT molecular complexity index is 1870. The van der Waals surface area contributed by atoms with E-state index in [1.54, 1.807) is 25.1 Å². The number of aliphatic carboxylic acids is 1. The lowest BCUT2D eigenvalue weighted by Gasteiger charge is -2.25. The van der Waals surface area contributed by atoms with Crippen LogP contribution in [0.15, 0.2) is 65.1 Å². The number of nitrogens with one attached hydrogen (secondary N) is 1. The number of hydrogen-bond donors (Lipinski definition) is 2. The molecule has 1 heterocycles. The van der Waals surface area contributed by atoms with Crippen LogP contribution in [-0.4, -0.2) is 47.7 Å². The van der Waals surface area contributed by atoms with E-state index in [-0.39, 0.29) is 66.7 Å². The van der Waals surface area contributed by atoms with Crippen LogP contribution < -0.4 is 10.2 Å². The van der Waals surface area contributed by atoms with Gasteiger partial charge in [-0.3, -0.25) is 19.2 Å². The van der Waals surface area contributed by atoms with Crippen molar-refractivity contribution in [1.29, 1.82) is 0 Å². The van der Waals surface area contributed by atoms with Crippen molar-refractivity contribution in [3.8, 4) is 22.5 Å². The van der Waals surface area contributed by atoms with Gasteiger partial charge in [-0.2, -0.15) is 0 Å². The van der Waals surface area contributed by atoms with E-state index in [0.717, 1.165) is 16.8 Å². The Morgan fingerprint density at radius 2 is 1.50 bits per heavy atom. The number of halogens is 1. The first-order valence-electron chi connectivity index (χ1n) is 18.5. The summed E-state index contributed by atoms with van der Waals surface area (Å²) in [6, 6.07) is 16.7. The number of carbonyl (C=O) groups excluding carboxylic acids is 3. The molecule has 0 aliphatic heterocycles. The second kappa shape index (κ2) is 18.1. The summed E-state index contributed by atoms with van der Waals surface area (Å²) in [5.74, 6) is -1.13. The van der Waals surface area contributed by atoms with Gasteiger partial charge in [0.15, 0.2) is 5.78 Å². The first-order chi connectivity index (χ1) is 24.7. The van der Waals surface area contributed by atoms with Crippen LogP contribution in [0.25, 0.3) is 33.4 Å². The highest BCUT2D eigenvalue weighted by atomic mass is 19.1. The van der Waals surface area contributed by atoms with Crippen molar-refractivity contribution in [2.75, 3.05) is 18.0 Å². The van der Waals surface area contributed by atoms with Gasteiger partial charge in [-0.15, -0.1) is 0 Å². The van der Waals surface area contributed by atoms with Gasteiger partial charge < -0.3 is 19.7 Å². The summed E-state index contributed by atoms with van der Waals surface area (Å²) < 4.78 is 20.2. The average molecular weight is 713 g/mol. The number of carboxylic acids is 1. The Kier molecular flexibility index (Phi) is 13.9. The van der Waals surface area contributed by atoms with Gasteiger partial charge in [0.1, 0.15) is 22.9 Å². The predicted molar refractivity (Wildman–Crippen MR) is 205 cm³/mol. The maximum atomic E-state index is 13.8. The maximum Gasteiger partial charge on any atom is 0.303 e. The quantitative estimate of drug-likeness (QED) is 0.0930. The fraction of sp³-hybridized carbons (Fsp3) is 0.442. The molecule has 3 aromatic carbocycles. The number of fused-ring (bicyclic) bond motifs is 1. The predicted octanol–water partition coefficient (Wildman–Crippen LogP) is 9.98. The van der Waals surface area contributed by atoms with Gasteiger partial charge in [0.05, 0.1) is 5.56 Å². The Morgan fingerprint density at radius 1 is 0.827 bits per heavy atom. The number of rotatable bonds is 19. The van der Waals surface area contributed by atoms with Crippen molar-refractivity contribution in [3.63, 3.8) is 0 Å². The van der Waals surface area contributed by atoms with Crippen LogP contribution in [0.1, 0.15) is 108 Å². The smallest absolute Gasteiger partial charge is 0.303 e. The molecule has 0 saturated heterocycles. The lowest BCUT2D eigenvalue weighted by molar-refractivity contribution is -0.138. The first-order valence-corrected chi connectivity index (χ1v) is 18.5. The molecule has 4 rings (SSSR count). The largest absolute Gasteiger partial charge is 0.481 e. The van der Waals surface area contributed by atoms with E-state index in [9.17, 15) is 28.7 Å². The monoisotopic (exact) mass is 712 g/mol. The summed E-state index contributed by atoms with van der Waals surface area (Å²) in [4.78, 5) is 54.1. The molecular weight excluding hydrogens is 659 g/mol. The Hall–Kier alpha value is -4.79. The number of carboxylic acid groups (broad SMARTS) is 1. The van der Waals surface area contributed by atoms with E-state index >= 15 is 0 Å². The minimum absolute atomic E-state index is 0.0543. The van der Waals surface area contributed by atoms with E-state index in [1.165, 1.54) is 12.1 Å². The van der Waals surface area contributed by atoms with E-state index in [4.69, 9.17) is 4.42 Å². The molecule has 0 fully saturated rings. The summed E-state index contributed by atoms with van der Waals surface area (Å²) in [6.07, 6.45) is 1.74. The molecule has 0 unspecified atom stereocenters. The fourth-order valence-electron chi connectivity index (χ4n) is 7.14. The number of carbonyl (C=O) groups is 4. The summed E-state index contributed by atoms with van der Waals surface area (Å²) in [5.41, 5.74) is 4.48. The third kappa shape index (κ3) is 10.2. The molecule has 0 saturated carbocycles. The van der Waals surface area contributed by atoms with Crippen LogP contribution >= 0.6 is 0 Å². The van der Waals surface area contributed by atoms with Crippen molar-refractivity contribution in [1.82, 2.24) is 5.32 Å². The number of hydrogen-bond acceptors (Lipinski definition) is 6. The fourth-order valence-corrected chi connectivity index (χ4v) is 7.14. The number of nitrogens with zero attached hydrogens (tertiary/aromatic N) is 1. The van der Waals surface area contributed by atoms with E-state index in [1.807, 2.05) is 58.0 Å². The molecule has 0 spiro atoms. The van der Waals surface area contributed by atoms with Gasteiger partial charge in [-0.05, 0) is 92.5 Å². The Labute approximate surface area is 306 Å². The number of furan rings is 1. The number of Topliss-reactive ketones (excluding diaryl/α,β-unsaturated/α-hetero) is 2. The van der Waals surface area contributed by atoms with Crippen molar-refractivity contribution in [2.24, 2.45) is 17.8 Å². The van der Waals surface area contributed by atoms with Gasteiger partial charge in [0.2, 0.25) is 0 Å². The molecule has 1 amide bonds. The molecule has 1 aromatic heterocycles. The average Bonchev–Trinajstić information content (AvgIpc) is 3.46. The lowest BCUT2D eigenvalue weighted by atomic mass is 9.87. The maximum absolute atomic E-state index is 13.8. The normalized spacial score (nSPS) is 12.7. The molecule has 9 heteroatoms. The second-order valence-electron chi connectivity index (χ2n) is 14.5. The molecule has 278 valence electrons. The van der Waals surface area contributed by atoms with Gasteiger partial charge in [0, 0.05) is 78.6 Å². The number of amides is 1. The third-order valence-corrected chi connectivity index (χ3v) is 9.40. The lowest BCUT2D eigenvalue weighted by Crippen LogP contribution is -2.37.